The molecule has 0 unspecified atom stereocenters. The number of aromatic nitrogens is 2. The van der Waals surface area contributed by atoms with Gasteiger partial charge in [-0.1, -0.05) is 0 Å². The van der Waals surface area contributed by atoms with Crippen molar-refractivity contribution in [3.8, 4) is 0 Å². The van der Waals surface area contributed by atoms with Gasteiger partial charge >= 0.3 is 5.97 Å². The van der Waals surface area contributed by atoms with Gasteiger partial charge in [0.1, 0.15) is 11.6 Å². The molecule has 7 heteroatoms. The number of imidazole rings is 1. The number of rotatable bonds is 2. The van der Waals surface area contributed by atoms with Crippen LogP contribution in [-0.4, -0.2) is 29.2 Å². The Hall–Kier alpha value is -2.57. The predicted molar refractivity (Wildman–Crippen MR) is 75.4 cm³/mol. The van der Waals surface area contributed by atoms with Crippen molar-refractivity contribution in [1.82, 2.24) is 9.55 Å². The number of carbonyl (C=O) groups is 1. The van der Waals surface area contributed by atoms with E-state index in [2.05, 4.69) is 9.72 Å². The zero-order valence-electron chi connectivity index (χ0n) is 11.5. The van der Waals surface area contributed by atoms with Gasteiger partial charge in [0.15, 0.2) is 0 Å². The molecule has 0 saturated heterocycles. The van der Waals surface area contributed by atoms with E-state index in [9.17, 15) is 9.18 Å². The van der Waals surface area contributed by atoms with Crippen LogP contribution in [0.25, 0.3) is 0 Å². The number of esters is 1. The van der Waals surface area contributed by atoms with E-state index in [4.69, 9.17) is 5.73 Å². The molecule has 0 amide bonds. The van der Waals surface area contributed by atoms with Gasteiger partial charge in [0.2, 0.25) is 0 Å². The third kappa shape index (κ3) is 2.31. The number of hydrogen-bond donors (Lipinski definition) is 1. The Balaban J connectivity index is 1.97. The van der Waals surface area contributed by atoms with Crippen LogP contribution in [0, 0.1) is 5.82 Å². The molecule has 0 saturated carbocycles. The lowest BCUT2D eigenvalue weighted by Gasteiger charge is -2.30. The molecule has 0 radical (unpaired) electrons. The molecule has 1 aromatic carbocycles. The first kappa shape index (κ1) is 13.4. The van der Waals surface area contributed by atoms with Gasteiger partial charge in [-0.25, -0.2) is 14.2 Å². The summed E-state index contributed by atoms with van der Waals surface area (Å²) in [6.45, 7) is 1.83. The van der Waals surface area contributed by atoms with E-state index in [1.54, 1.807) is 6.20 Å². The van der Waals surface area contributed by atoms with Gasteiger partial charge in [-0.3, -0.25) is 0 Å². The molecule has 1 aliphatic heterocycles. The van der Waals surface area contributed by atoms with E-state index in [0.29, 0.717) is 25.3 Å². The Morgan fingerprint density at radius 1 is 1.43 bits per heavy atom. The molecular weight excluding hydrogens is 275 g/mol. The van der Waals surface area contributed by atoms with Crippen molar-refractivity contribution in [3.05, 3.63) is 41.7 Å². The molecule has 1 aromatic heterocycles. The summed E-state index contributed by atoms with van der Waals surface area (Å²) in [5.74, 6) is -0.176. The summed E-state index contributed by atoms with van der Waals surface area (Å²) in [6, 6.07) is 2.60. The second-order valence-electron chi connectivity index (χ2n) is 4.84. The summed E-state index contributed by atoms with van der Waals surface area (Å²) in [5.41, 5.74) is 6.25. The number of fused-ring (bicyclic) bond motifs is 1. The van der Waals surface area contributed by atoms with Crippen molar-refractivity contribution in [2.45, 2.75) is 13.1 Å². The zero-order chi connectivity index (χ0) is 15.0. The summed E-state index contributed by atoms with van der Waals surface area (Å²) in [6.07, 6.45) is 3.62. The van der Waals surface area contributed by atoms with Crippen molar-refractivity contribution in [1.29, 1.82) is 0 Å². The molecule has 110 valence electrons. The number of halogens is 1. The standard InChI is InChI=1S/C14H15FN4O2/c1-21-14(20)9-6-12(10(15)7-11(9)16)19-5-4-18-3-2-17-13(18)8-19/h2-3,6-7H,4-5,8,16H2,1H3. The van der Waals surface area contributed by atoms with Gasteiger partial charge in [-0.15, -0.1) is 0 Å². The summed E-state index contributed by atoms with van der Waals surface area (Å²) in [7, 11) is 1.27. The number of nitrogens with zero attached hydrogens (tertiary/aromatic N) is 3. The normalized spacial score (nSPS) is 13.9. The number of carbonyl (C=O) groups excluding carboxylic acids is 1. The molecule has 0 bridgehead atoms. The number of nitrogens with two attached hydrogens (primary N) is 1. The monoisotopic (exact) mass is 290 g/mol. The van der Waals surface area contributed by atoms with Gasteiger partial charge < -0.3 is 19.9 Å². The molecule has 2 N–H and O–H groups in total. The minimum absolute atomic E-state index is 0.0709. The van der Waals surface area contributed by atoms with Crippen LogP contribution in [-0.2, 0) is 17.8 Å². The molecule has 0 fully saturated rings. The third-order valence-corrected chi connectivity index (χ3v) is 3.61. The quantitative estimate of drug-likeness (QED) is 0.668. The Morgan fingerprint density at radius 3 is 3.00 bits per heavy atom. The van der Waals surface area contributed by atoms with Crippen molar-refractivity contribution in [2.75, 3.05) is 24.3 Å². The molecule has 0 spiro atoms. The van der Waals surface area contributed by atoms with E-state index >= 15 is 0 Å². The highest BCUT2D eigenvalue weighted by atomic mass is 19.1. The molecule has 0 atom stereocenters. The first-order chi connectivity index (χ1) is 10.1. The predicted octanol–water partition coefficient (Wildman–Crippen LogP) is 1.41. The fraction of sp³-hybridized carbons (Fsp3) is 0.286. The van der Waals surface area contributed by atoms with Crippen molar-refractivity contribution >= 4 is 17.3 Å². The Bertz CT molecular complexity index is 698. The first-order valence-electron chi connectivity index (χ1n) is 6.52. The average molecular weight is 290 g/mol. The molecule has 6 nitrogen and oxygen atoms in total. The third-order valence-electron chi connectivity index (χ3n) is 3.61. The van der Waals surface area contributed by atoms with E-state index < -0.39 is 11.8 Å². The van der Waals surface area contributed by atoms with Crippen LogP contribution < -0.4 is 10.6 Å². The highest BCUT2D eigenvalue weighted by molar-refractivity contribution is 5.96. The largest absolute Gasteiger partial charge is 0.465 e. The highest BCUT2D eigenvalue weighted by Crippen LogP contribution is 2.28. The fourth-order valence-electron chi connectivity index (χ4n) is 2.49. The SMILES string of the molecule is COC(=O)c1cc(N2CCn3ccnc3C2)c(F)cc1N. The second kappa shape index (κ2) is 5.08. The maximum Gasteiger partial charge on any atom is 0.340 e. The lowest BCUT2D eigenvalue weighted by molar-refractivity contribution is 0.0602. The number of anilines is 2. The van der Waals surface area contributed by atoms with Gasteiger partial charge in [-0.05, 0) is 12.1 Å². The summed E-state index contributed by atoms with van der Waals surface area (Å²) >= 11 is 0. The van der Waals surface area contributed by atoms with E-state index in [-0.39, 0.29) is 11.3 Å². The number of ether oxygens (including phenoxy) is 1. The maximum absolute atomic E-state index is 14.2. The van der Waals surface area contributed by atoms with Gasteiger partial charge in [0, 0.05) is 31.2 Å². The number of hydrogen-bond acceptors (Lipinski definition) is 5. The number of benzene rings is 1. The molecule has 3 rings (SSSR count). The summed E-state index contributed by atoms with van der Waals surface area (Å²) in [4.78, 5) is 17.8. The molecule has 21 heavy (non-hydrogen) atoms. The van der Waals surface area contributed by atoms with Crippen LogP contribution >= 0.6 is 0 Å². The van der Waals surface area contributed by atoms with Crippen LogP contribution in [0.3, 0.4) is 0 Å². The van der Waals surface area contributed by atoms with Crippen molar-refractivity contribution < 1.29 is 13.9 Å². The Kier molecular flexibility index (Phi) is 3.25. The Labute approximate surface area is 120 Å². The molecular formula is C14H15FN4O2. The molecule has 2 heterocycles. The minimum atomic E-state index is -0.577. The van der Waals surface area contributed by atoms with Crippen molar-refractivity contribution in [3.63, 3.8) is 0 Å². The number of nitrogen functional groups attached to an aromatic ring is 1. The van der Waals surface area contributed by atoms with E-state index in [1.807, 2.05) is 15.7 Å². The smallest absolute Gasteiger partial charge is 0.340 e. The second-order valence-corrected chi connectivity index (χ2v) is 4.84. The van der Waals surface area contributed by atoms with Crippen LogP contribution in [0.15, 0.2) is 24.5 Å². The van der Waals surface area contributed by atoms with Gasteiger partial charge in [0.25, 0.3) is 0 Å². The van der Waals surface area contributed by atoms with Gasteiger partial charge in [-0.2, -0.15) is 0 Å². The summed E-state index contributed by atoms with van der Waals surface area (Å²) < 4.78 is 20.9. The van der Waals surface area contributed by atoms with Crippen LogP contribution in [0.5, 0.6) is 0 Å². The average Bonchev–Trinajstić information content (AvgIpc) is 2.94. The van der Waals surface area contributed by atoms with Crippen LogP contribution in [0.1, 0.15) is 16.2 Å². The van der Waals surface area contributed by atoms with Crippen LogP contribution in [0.2, 0.25) is 0 Å². The topological polar surface area (TPSA) is 73.4 Å². The van der Waals surface area contributed by atoms with E-state index in [1.165, 1.54) is 13.2 Å². The first-order valence-corrected chi connectivity index (χ1v) is 6.52. The van der Waals surface area contributed by atoms with Crippen molar-refractivity contribution in [2.24, 2.45) is 0 Å². The molecule has 2 aromatic rings. The fourth-order valence-corrected chi connectivity index (χ4v) is 2.49. The lowest BCUT2D eigenvalue weighted by atomic mass is 10.1. The summed E-state index contributed by atoms with van der Waals surface area (Å²) in [5, 5.41) is 0. The van der Waals surface area contributed by atoms with Crippen LogP contribution in [0.4, 0.5) is 15.8 Å². The minimum Gasteiger partial charge on any atom is -0.465 e. The van der Waals surface area contributed by atoms with Gasteiger partial charge in [0.05, 0.1) is 24.9 Å². The number of methoxy groups -OCH3 is 1. The lowest BCUT2D eigenvalue weighted by Crippen LogP contribution is -2.34. The highest BCUT2D eigenvalue weighted by Gasteiger charge is 2.22. The molecule has 1 aliphatic rings. The zero-order valence-corrected chi connectivity index (χ0v) is 11.5. The maximum atomic E-state index is 14.2. The Morgan fingerprint density at radius 2 is 2.24 bits per heavy atom. The van der Waals surface area contributed by atoms with E-state index in [0.717, 1.165) is 11.9 Å². The molecule has 0 aliphatic carbocycles.